The number of nitroso groups, excluding NO2 is 1. The third-order valence-electron chi connectivity index (χ3n) is 1.63. The topological polar surface area (TPSA) is 87.1 Å². The van der Waals surface area contributed by atoms with Crippen LogP contribution in [0.25, 0.3) is 11.2 Å². The van der Waals surface area contributed by atoms with Crippen LogP contribution in [0.2, 0.25) is 0 Å². The lowest BCUT2D eigenvalue weighted by Crippen LogP contribution is -2.09. The second-order valence-corrected chi connectivity index (χ2v) is 2.40. The molecule has 0 aliphatic heterocycles. The maximum absolute atomic E-state index is 10.3. The van der Waals surface area contributed by atoms with Gasteiger partial charge in [-0.15, -0.1) is 4.91 Å². The Labute approximate surface area is 72.8 Å². The molecule has 0 radical (unpaired) electrons. The van der Waals surface area contributed by atoms with Gasteiger partial charge >= 0.3 is 0 Å². The van der Waals surface area contributed by atoms with E-state index >= 15 is 0 Å². The lowest BCUT2D eigenvalue weighted by molar-refractivity contribution is 0.964. The van der Waals surface area contributed by atoms with E-state index in [0.29, 0.717) is 17.0 Å². The molecule has 0 saturated carbocycles. The Hall–Kier alpha value is -2.05. The Kier molecular flexibility index (Phi) is 1.62. The lowest BCUT2D eigenvalue weighted by atomic mass is 10.5. The second-order valence-electron chi connectivity index (χ2n) is 2.40. The minimum Gasteiger partial charge on any atom is -0.340 e. The van der Waals surface area contributed by atoms with Crippen LogP contribution in [0.1, 0.15) is 0 Å². The summed E-state index contributed by atoms with van der Waals surface area (Å²) in [5.41, 5.74) is 1.12. The Morgan fingerprint density at radius 3 is 3.08 bits per heavy atom. The maximum atomic E-state index is 10.3. The van der Waals surface area contributed by atoms with Gasteiger partial charge in [0.15, 0.2) is 11.5 Å². The van der Waals surface area contributed by atoms with E-state index in [0.717, 1.165) is 5.01 Å². The van der Waals surface area contributed by atoms with Gasteiger partial charge in [-0.05, 0) is 0 Å². The van der Waals surface area contributed by atoms with Gasteiger partial charge in [0.1, 0.15) is 11.8 Å². The van der Waals surface area contributed by atoms with E-state index in [2.05, 4.69) is 25.2 Å². The highest BCUT2D eigenvalue weighted by Crippen LogP contribution is 2.17. The highest BCUT2D eigenvalue weighted by atomic mass is 16.3. The van der Waals surface area contributed by atoms with Crippen molar-refractivity contribution in [2.75, 3.05) is 12.1 Å². The number of imidazole rings is 1. The van der Waals surface area contributed by atoms with Crippen LogP contribution in [0.15, 0.2) is 17.9 Å². The fourth-order valence-corrected chi connectivity index (χ4v) is 1.04. The van der Waals surface area contributed by atoms with E-state index in [1.54, 1.807) is 0 Å². The molecule has 1 N–H and O–H groups in total. The van der Waals surface area contributed by atoms with Crippen molar-refractivity contribution in [2.45, 2.75) is 0 Å². The number of rotatable bonds is 2. The van der Waals surface area contributed by atoms with Crippen LogP contribution in [0.5, 0.6) is 0 Å². The molecule has 66 valence electrons. The van der Waals surface area contributed by atoms with E-state index in [1.807, 2.05) is 0 Å². The third-order valence-corrected chi connectivity index (χ3v) is 1.63. The molecule has 7 heteroatoms. The van der Waals surface area contributed by atoms with Crippen LogP contribution < -0.4 is 5.01 Å². The summed E-state index contributed by atoms with van der Waals surface area (Å²) in [6.07, 6.45) is 2.82. The number of anilines is 1. The van der Waals surface area contributed by atoms with E-state index in [1.165, 1.54) is 19.7 Å². The van der Waals surface area contributed by atoms with E-state index in [9.17, 15) is 4.91 Å². The average molecular weight is 178 g/mol. The van der Waals surface area contributed by atoms with Crippen molar-refractivity contribution in [3.63, 3.8) is 0 Å². The molecule has 0 spiro atoms. The summed E-state index contributed by atoms with van der Waals surface area (Å²) in [6.45, 7) is 0. The van der Waals surface area contributed by atoms with Gasteiger partial charge in [0.2, 0.25) is 0 Å². The van der Waals surface area contributed by atoms with E-state index < -0.39 is 0 Å². The van der Waals surface area contributed by atoms with Crippen molar-refractivity contribution in [2.24, 2.45) is 5.29 Å². The van der Waals surface area contributed by atoms with Crippen molar-refractivity contribution < 1.29 is 0 Å². The Morgan fingerprint density at radius 1 is 1.46 bits per heavy atom. The lowest BCUT2D eigenvalue weighted by Gasteiger charge is -2.06. The number of nitrogens with one attached hydrogen (secondary N) is 1. The van der Waals surface area contributed by atoms with Gasteiger partial charge in [-0.25, -0.2) is 20.0 Å². The number of hydrogen-bond donors (Lipinski definition) is 1. The van der Waals surface area contributed by atoms with Gasteiger partial charge in [-0.3, -0.25) is 0 Å². The van der Waals surface area contributed by atoms with Gasteiger partial charge in [0.05, 0.1) is 11.6 Å². The average Bonchev–Trinajstić information content (AvgIpc) is 2.63. The van der Waals surface area contributed by atoms with Crippen LogP contribution in [0.4, 0.5) is 5.82 Å². The number of fused-ring (bicyclic) bond motifs is 1. The first-order valence-electron chi connectivity index (χ1n) is 3.54. The van der Waals surface area contributed by atoms with Crippen LogP contribution in [-0.2, 0) is 0 Å². The standard InChI is InChI=1S/C6H6N6O/c1-12(11-13)6-4-5(8-2-7-4)9-3-10-6/h2-3H,1H3,(H,7,8,9,10). The summed E-state index contributed by atoms with van der Waals surface area (Å²) in [4.78, 5) is 24.8. The predicted octanol–water partition coefficient (Wildman–Crippen LogP) is 0.470. The fourth-order valence-electron chi connectivity index (χ4n) is 1.04. The monoisotopic (exact) mass is 178 g/mol. The normalized spacial score (nSPS) is 10.2. The molecule has 0 amide bonds. The molecule has 2 rings (SSSR count). The van der Waals surface area contributed by atoms with Crippen molar-refractivity contribution in [1.82, 2.24) is 19.9 Å². The van der Waals surface area contributed by atoms with Crippen molar-refractivity contribution in [3.8, 4) is 0 Å². The first kappa shape index (κ1) is 7.59. The molecule has 7 nitrogen and oxygen atoms in total. The molecule has 0 saturated heterocycles. The van der Waals surface area contributed by atoms with E-state index in [-0.39, 0.29) is 0 Å². The molecule has 2 aromatic rings. The number of aromatic amines is 1. The molecule has 0 aliphatic carbocycles. The van der Waals surface area contributed by atoms with Crippen LogP contribution in [0, 0.1) is 4.91 Å². The van der Waals surface area contributed by atoms with Crippen molar-refractivity contribution >= 4 is 17.0 Å². The van der Waals surface area contributed by atoms with Crippen LogP contribution >= 0.6 is 0 Å². The second kappa shape index (κ2) is 2.77. The highest BCUT2D eigenvalue weighted by molar-refractivity contribution is 5.82. The molecule has 0 bridgehead atoms. The summed E-state index contributed by atoms with van der Waals surface area (Å²) in [5, 5.41) is 3.85. The van der Waals surface area contributed by atoms with Gasteiger partial charge in [0, 0.05) is 7.05 Å². The number of aromatic nitrogens is 4. The zero-order chi connectivity index (χ0) is 9.26. The fraction of sp³-hybridized carbons (Fsp3) is 0.167. The highest BCUT2D eigenvalue weighted by Gasteiger charge is 2.09. The number of nitrogens with zero attached hydrogens (tertiary/aromatic N) is 5. The first-order chi connectivity index (χ1) is 6.33. The van der Waals surface area contributed by atoms with Gasteiger partial charge in [0.25, 0.3) is 0 Å². The SMILES string of the molecule is CN(N=O)c1ncnc2nc[nH]c12. The Bertz CT molecular complexity index is 437. The molecule has 2 aromatic heterocycles. The zero-order valence-electron chi connectivity index (χ0n) is 6.80. The Balaban J connectivity index is 2.67. The largest absolute Gasteiger partial charge is 0.340 e. The summed E-state index contributed by atoms with van der Waals surface area (Å²) < 4.78 is 0. The molecule has 0 unspecified atom stereocenters. The van der Waals surface area contributed by atoms with Crippen molar-refractivity contribution in [3.05, 3.63) is 17.6 Å². The Morgan fingerprint density at radius 2 is 2.31 bits per heavy atom. The quantitative estimate of drug-likeness (QED) is 0.533. The van der Waals surface area contributed by atoms with Crippen LogP contribution in [0.3, 0.4) is 0 Å². The number of hydrogen-bond acceptors (Lipinski definition) is 5. The molecule has 0 aliphatic rings. The van der Waals surface area contributed by atoms with E-state index in [4.69, 9.17) is 0 Å². The molecule has 0 fully saturated rings. The smallest absolute Gasteiger partial charge is 0.182 e. The molecular formula is C6H6N6O. The molecule has 2 heterocycles. The molecule has 13 heavy (non-hydrogen) atoms. The minimum atomic E-state index is 0.414. The van der Waals surface area contributed by atoms with Gasteiger partial charge < -0.3 is 4.98 Å². The van der Waals surface area contributed by atoms with Gasteiger partial charge in [-0.2, -0.15) is 0 Å². The minimum absolute atomic E-state index is 0.414. The summed E-state index contributed by atoms with van der Waals surface area (Å²) in [6, 6.07) is 0. The molecule has 0 aromatic carbocycles. The first-order valence-corrected chi connectivity index (χ1v) is 3.54. The van der Waals surface area contributed by atoms with Crippen molar-refractivity contribution in [1.29, 1.82) is 0 Å². The molecular weight excluding hydrogens is 172 g/mol. The van der Waals surface area contributed by atoms with Gasteiger partial charge in [-0.1, -0.05) is 0 Å². The third kappa shape index (κ3) is 1.10. The summed E-state index contributed by atoms with van der Waals surface area (Å²) in [5.74, 6) is 0.414. The molecule has 0 atom stereocenters. The number of H-pyrrole nitrogens is 1. The maximum Gasteiger partial charge on any atom is 0.182 e. The zero-order valence-corrected chi connectivity index (χ0v) is 6.80. The predicted molar refractivity (Wildman–Crippen MR) is 45.9 cm³/mol. The summed E-state index contributed by atoms with van der Waals surface area (Å²) >= 11 is 0. The van der Waals surface area contributed by atoms with Crippen LogP contribution in [-0.4, -0.2) is 27.0 Å². The summed E-state index contributed by atoms with van der Waals surface area (Å²) in [7, 11) is 1.51.